The Morgan fingerprint density at radius 1 is 1.16 bits per heavy atom. The molecule has 2 heterocycles. The number of aromatic nitrogens is 2. The maximum atomic E-state index is 12.1. The number of hydrogen-bond acceptors (Lipinski definition) is 6. The Labute approximate surface area is 193 Å². The van der Waals surface area contributed by atoms with E-state index in [-0.39, 0.29) is 12.4 Å². The van der Waals surface area contributed by atoms with E-state index in [9.17, 15) is 9.59 Å². The molecule has 0 aliphatic heterocycles. The van der Waals surface area contributed by atoms with Gasteiger partial charge in [0.1, 0.15) is 17.1 Å². The molecule has 2 aromatic heterocycles. The molecule has 0 aliphatic carbocycles. The zero-order chi connectivity index (χ0) is 23.4. The molecule has 3 rings (SSSR count). The van der Waals surface area contributed by atoms with Crippen molar-refractivity contribution in [3.63, 3.8) is 0 Å². The van der Waals surface area contributed by atoms with Crippen molar-refractivity contribution in [2.45, 2.75) is 65.7 Å². The van der Waals surface area contributed by atoms with Crippen LogP contribution in [-0.2, 0) is 16.0 Å². The van der Waals surface area contributed by atoms with Crippen molar-refractivity contribution in [3.05, 3.63) is 40.0 Å². The number of carbonyl (C=O) groups is 2. The van der Waals surface area contributed by atoms with E-state index in [1.165, 1.54) is 11.3 Å². The molecule has 2 atom stereocenters. The van der Waals surface area contributed by atoms with Gasteiger partial charge in [0, 0.05) is 16.6 Å². The van der Waals surface area contributed by atoms with E-state index in [1.54, 1.807) is 18.4 Å². The highest BCUT2D eigenvalue weighted by molar-refractivity contribution is 7.17. The van der Waals surface area contributed by atoms with Gasteiger partial charge in [-0.15, -0.1) is 11.3 Å². The van der Waals surface area contributed by atoms with Gasteiger partial charge in [0.05, 0.1) is 20.1 Å². The molecular formula is C25H32N2O4S. The summed E-state index contributed by atoms with van der Waals surface area (Å²) >= 11 is 1.40. The number of methoxy groups -OCH3 is 1. The highest BCUT2D eigenvalue weighted by atomic mass is 32.1. The second-order valence-corrected chi connectivity index (χ2v) is 9.20. The van der Waals surface area contributed by atoms with Gasteiger partial charge in [-0.25, -0.2) is 4.98 Å². The number of fused-ring (bicyclic) bond motifs is 1. The Morgan fingerprint density at radius 2 is 1.78 bits per heavy atom. The molecule has 0 amide bonds. The molecule has 0 bridgehead atoms. The average Bonchev–Trinajstić information content (AvgIpc) is 3.33. The number of esters is 1. The zero-order valence-electron chi connectivity index (χ0n) is 19.7. The van der Waals surface area contributed by atoms with E-state index >= 15 is 0 Å². The van der Waals surface area contributed by atoms with Crippen molar-refractivity contribution >= 4 is 28.6 Å². The molecule has 172 valence electrons. The van der Waals surface area contributed by atoms with Gasteiger partial charge < -0.3 is 9.47 Å². The van der Waals surface area contributed by atoms with Gasteiger partial charge in [-0.05, 0) is 54.9 Å². The first-order valence-electron chi connectivity index (χ1n) is 11.2. The molecule has 6 nitrogen and oxygen atoms in total. The van der Waals surface area contributed by atoms with Crippen molar-refractivity contribution < 1.29 is 19.1 Å². The molecule has 0 saturated carbocycles. The van der Waals surface area contributed by atoms with E-state index in [1.807, 2.05) is 6.20 Å². The Kier molecular flexibility index (Phi) is 7.72. The summed E-state index contributed by atoms with van der Waals surface area (Å²) in [5, 5.41) is 0. The number of thiazole rings is 1. The first-order chi connectivity index (χ1) is 15.4. The van der Waals surface area contributed by atoms with Crippen LogP contribution in [0.4, 0.5) is 0 Å². The third kappa shape index (κ3) is 4.58. The summed E-state index contributed by atoms with van der Waals surface area (Å²) < 4.78 is 12.7. The molecule has 0 radical (unpaired) electrons. The summed E-state index contributed by atoms with van der Waals surface area (Å²) in [6.45, 7) is 10.8. The minimum atomic E-state index is -0.281. The predicted molar refractivity (Wildman–Crippen MR) is 128 cm³/mol. The number of rotatable bonds is 10. The molecule has 0 spiro atoms. The standard InChI is InChI=1S/C25H32N2O4S/c1-7-15(4)19-10-17(11-20(16(5)8-2)24(19)30-6)23-21(14-28)27-13-18(32-25(27)26-23)12-22(29)31-9-3/h10-11,13-16H,7-9,12H2,1-6H3. The lowest BCUT2D eigenvalue weighted by Crippen LogP contribution is -2.06. The highest BCUT2D eigenvalue weighted by Crippen LogP contribution is 2.41. The topological polar surface area (TPSA) is 69.9 Å². The molecule has 0 aliphatic rings. The summed E-state index contributed by atoms with van der Waals surface area (Å²) in [7, 11) is 1.72. The van der Waals surface area contributed by atoms with E-state index in [0.29, 0.717) is 34.8 Å². The largest absolute Gasteiger partial charge is 0.496 e. The van der Waals surface area contributed by atoms with Crippen LogP contribution < -0.4 is 4.74 Å². The SMILES string of the molecule is CCOC(=O)Cc1cn2c(C=O)c(-c3cc(C(C)CC)c(OC)c(C(C)CC)c3)nc2s1. The number of imidazole rings is 1. The summed E-state index contributed by atoms with van der Waals surface area (Å²) in [6, 6.07) is 4.22. The van der Waals surface area contributed by atoms with Crippen molar-refractivity contribution in [2.75, 3.05) is 13.7 Å². The fourth-order valence-electron chi connectivity index (χ4n) is 3.89. The van der Waals surface area contributed by atoms with Crippen LogP contribution in [0, 0.1) is 0 Å². The van der Waals surface area contributed by atoms with Crippen LogP contribution in [0.1, 0.15) is 85.8 Å². The van der Waals surface area contributed by atoms with Crippen LogP contribution >= 0.6 is 11.3 Å². The quantitative estimate of drug-likeness (QED) is 0.276. The molecule has 0 saturated heterocycles. The molecule has 7 heteroatoms. The normalized spacial score (nSPS) is 13.2. The lowest BCUT2D eigenvalue weighted by molar-refractivity contribution is -0.142. The van der Waals surface area contributed by atoms with Crippen LogP contribution in [0.25, 0.3) is 16.2 Å². The predicted octanol–water partition coefficient (Wildman–Crippen LogP) is 6.02. The monoisotopic (exact) mass is 456 g/mol. The molecule has 3 aromatic rings. The number of aldehydes is 1. The number of ether oxygens (including phenoxy) is 2. The Balaban J connectivity index is 2.15. The van der Waals surface area contributed by atoms with E-state index in [0.717, 1.165) is 46.4 Å². The van der Waals surface area contributed by atoms with Gasteiger partial charge in [-0.3, -0.25) is 14.0 Å². The molecule has 1 aromatic carbocycles. The summed E-state index contributed by atoms with van der Waals surface area (Å²) in [6.07, 6.45) is 4.79. The first kappa shape index (κ1) is 24.0. The van der Waals surface area contributed by atoms with E-state index in [4.69, 9.17) is 14.5 Å². The lowest BCUT2D eigenvalue weighted by Gasteiger charge is -2.22. The number of nitrogens with zero attached hydrogens (tertiary/aromatic N) is 2. The van der Waals surface area contributed by atoms with Gasteiger partial charge in [-0.1, -0.05) is 27.7 Å². The second kappa shape index (κ2) is 10.3. The number of carbonyl (C=O) groups excluding carboxylic acids is 2. The molecule has 32 heavy (non-hydrogen) atoms. The fraction of sp³-hybridized carbons (Fsp3) is 0.480. The maximum absolute atomic E-state index is 12.1. The van der Waals surface area contributed by atoms with Crippen LogP contribution in [-0.4, -0.2) is 35.4 Å². The molecular weight excluding hydrogens is 424 g/mol. The Bertz CT molecular complexity index is 1080. The summed E-state index contributed by atoms with van der Waals surface area (Å²) in [5.41, 5.74) is 4.34. The third-order valence-corrected chi connectivity index (χ3v) is 7.04. The number of hydrogen-bond donors (Lipinski definition) is 0. The van der Waals surface area contributed by atoms with Gasteiger partial charge in [0.15, 0.2) is 11.2 Å². The van der Waals surface area contributed by atoms with E-state index in [2.05, 4.69) is 39.8 Å². The van der Waals surface area contributed by atoms with Crippen LogP contribution in [0.3, 0.4) is 0 Å². The van der Waals surface area contributed by atoms with Crippen molar-refractivity contribution in [3.8, 4) is 17.0 Å². The third-order valence-electron chi connectivity index (χ3n) is 6.06. The molecule has 2 unspecified atom stereocenters. The van der Waals surface area contributed by atoms with Gasteiger partial charge in [0.25, 0.3) is 0 Å². The zero-order valence-corrected chi connectivity index (χ0v) is 20.5. The van der Waals surface area contributed by atoms with Gasteiger partial charge in [0.2, 0.25) is 0 Å². The van der Waals surface area contributed by atoms with Gasteiger partial charge >= 0.3 is 5.97 Å². The lowest BCUT2D eigenvalue weighted by atomic mass is 9.87. The van der Waals surface area contributed by atoms with E-state index < -0.39 is 0 Å². The van der Waals surface area contributed by atoms with Crippen molar-refractivity contribution in [1.82, 2.24) is 9.38 Å². The second-order valence-electron chi connectivity index (χ2n) is 8.10. The Hall–Kier alpha value is -2.67. The maximum Gasteiger partial charge on any atom is 0.311 e. The smallest absolute Gasteiger partial charge is 0.311 e. The van der Waals surface area contributed by atoms with Crippen molar-refractivity contribution in [1.29, 1.82) is 0 Å². The minimum absolute atomic E-state index is 0.175. The molecule has 0 N–H and O–H groups in total. The average molecular weight is 457 g/mol. The first-order valence-corrected chi connectivity index (χ1v) is 12.0. The molecule has 0 fully saturated rings. The van der Waals surface area contributed by atoms with Crippen molar-refractivity contribution in [2.24, 2.45) is 0 Å². The van der Waals surface area contributed by atoms with Crippen LogP contribution in [0.5, 0.6) is 5.75 Å². The fourth-order valence-corrected chi connectivity index (χ4v) is 4.86. The minimum Gasteiger partial charge on any atom is -0.496 e. The number of benzene rings is 1. The van der Waals surface area contributed by atoms with Gasteiger partial charge in [-0.2, -0.15) is 0 Å². The Morgan fingerprint density at radius 3 is 2.28 bits per heavy atom. The highest BCUT2D eigenvalue weighted by Gasteiger charge is 2.23. The summed E-state index contributed by atoms with van der Waals surface area (Å²) in [4.78, 5) is 30.3. The van der Waals surface area contributed by atoms with Crippen LogP contribution in [0.2, 0.25) is 0 Å². The van der Waals surface area contributed by atoms with Crippen LogP contribution in [0.15, 0.2) is 18.3 Å². The summed E-state index contributed by atoms with van der Waals surface area (Å²) in [5.74, 6) is 1.28.